The maximum atomic E-state index is 12.9. The number of aromatic nitrogens is 2. The molecule has 6 nitrogen and oxygen atoms in total. The summed E-state index contributed by atoms with van der Waals surface area (Å²) in [5.41, 5.74) is 3.64. The summed E-state index contributed by atoms with van der Waals surface area (Å²) in [6.07, 6.45) is 0. The third-order valence-corrected chi connectivity index (χ3v) is 4.12. The predicted octanol–water partition coefficient (Wildman–Crippen LogP) is 4.12. The maximum absolute atomic E-state index is 12.9. The zero-order valence-electron chi connectivity index (χ0n) is 15.9. The largest absolute Gasteiger partial charge is 0.495 e. The van der Waals surface area contributed by atoms with Crippen molar-refractivity contribution in [2.75, 3.05) is 24.4 Å². The Bertz CT molecular complexity index is 958. The van der Waals surface area contributed by atoms with E-state index in [4.69, 9.17) is 4.74 Å². The van der Waals surface area contributed by atoms with Gasteiger partial charge in [0.1, 0.15) is 11.4 Å². The van der Waals surface area contributed by atoms with Crippen LogP contribution in [0, 0.1) is 13.8 Å². The molecule has 1 amide bonds. The number of carbonyl (C=O) groups is 1. The number of aryl methyl sites for hydroxylation is 2. The minimum Gasteiger partial charge on any atom is -0.495 e. The summed E-state index contributed by atoms with van der Waals surface area (Å²) in [6.45, 7) is 3.82. The number of rotatable bonds is 5. The summed E-state index contributed by atoms with van der Waals surface area (Å²) in [5.74, 6) is 0.828. The number of para-hydroxylation sites is 1. The second-order valence-corrected chi connectivity index (χ2v) is 6.25. The van der Waals surface area contributed by atoms with Gasteiger partial charge in [-0.15, -0.1) is 0 Å². The quantitative estimate of drug-likeness (QED) is 0.739. The SMILES string of the molecule is COc1ccc(C)cc1Nc1nc(C)cc(C(=O)N(C)c2ccccc2)n1. The highest BCUT2D eigenvalue weighted by Gasteiger charge is 2.17. The first-order chi connectivity index (χ1) is 13.0. The molecule has 0 unspecified atom stereocenters. The Balaban J connectivity index is 1.91. The number of anilines is 3. The van der Waals surface area contributed by atoms with E-state index in [0.29, 0.717) is 23.1 Å². The molecule has 1 heterocycles. The van der Waals surface area contributed by atoms with Crippen molar-refractivity contribution in [3.8, 4) is 5.75 Å². The van der Waals surface area contributed by atoms with Crippen molar-refractivity contribution in [2.24, 2.45) is 0 Å². The van der Waals surface area contributed by atoms with Crippen molar-refractivity contribution in [3.63, 3.8) is 0 Å². The highest BCUT2D eigenvalue weighted by molar-refractivity contribution is 6.04. The van der Waals surface area contributed by atoms with Gasteiger partial charge in [0.2, 0.25) is 5.95 Å². The summed E-state index contributed by atoms with van der Waals surface area (Å²) in [4.78, 5) is 23.2. The standard InChI is InChI=1S/C21H22N4O2/c1-14-10-11-19(27-4)17(12-14)23-21-22-15(2)13-18(24-21)20(26)25(3)16-8-6-5-7-9-16/h5-13H,1-4H3,(H,22,23,24). The fraction of sp³-hybridized carbons (Fsp3) is 0.190. The first kappa shape index (κ1) is 18.4. The second-order valence-electron chi connectivity index (χ2n) is 6.25. The number of amides is 1. The van der Waals surface area contributed by atoms with Gasteiger partial charge in [-0.1, -0.05) is 24.3 Å². The summed E-state index contributed by atoms with van der Waals surface area (Å²) in [7, 11) is 3.34. The van der Waals surface area contributed by atoms with Crippen LogP contribution in [0.15, 0.2) is 54.6 Å². The van der Waals surface area contributed by atoms with Crippen LogP contribution in [0.2, 0.25) is 0 Å². The molecule has 1 N–H and O–H groups in total. The van der Waals surface area contributed by atoms with Crippen LogP contribution in [0.4, 0.5) is 17.3 Å². The highest BCUT2D eigenvalue weighted by Crippen LogP contribution is 2.27. The van der Waals surface area contributed by atoms with Gasteiger partial charge in [-0.3, -0.25) is 4.79 Å². The van der Waals surface area contributed by atoms with Crippen LogP contribution in [0.5, 0.6) is 5.75 Å². The molecule has 3 rings (SSSR count). The maximum Gasteiger partial charge on any atom is 0.276 e. The molecule has 1 aromatic heterocycles. The Labute approximate surface area is 158 Å². The molecule has 0 bridgehead atoms. The Morgan fingerprint density at radius 1 is 1.04 bits per heavy atom. The van der Waals surface area contributed by atoms with Crippen molar-refractivity contribution in [2.45, 2.75) is 13.8 Å². The Hall–Kier alpha value is -3.41. The van der Waals surface area contributed by atoms with Crippen LogP contribution < -0.4 is 15.0 Å². The molecule has 3 aromatic rings. The normalized spacial score (nSPS) is 10.4. The molecule has 27 heavy (non-hydrogen) atoms. The van der Waals surface area contributed by atoms with Gasteiger partial charge in [0.25, 0.3) is 5.91 Å². The third kappa shape index (κ3) is 4.23. The van der Waals surface area contributed by atoms with Gasteiger partial charge in [0.15, 0.2) is 0 Å². The number of carbonyl (C=O) groups excluding carboxylic acids is 1. The van der Waals surface area contributed by atoms with Gasteiger partial charge in [0, 0.05) is 18.4 Å². The summed E-state index contributed by atoms with van der Waals surface area (Å²) in [6, 6.07) is 16.9. The van der Waals surface area contributed by atoms with Crippen molar-refractivity contribution >= 4 is 23.2 Å². The number of hydrogen-bond donors (Lipinski definition) is 1. The van der Waals surface area contributed by atoms with Crippen LogP contribution in [0.25, 0.3) is 0 Å². The first-order valence-electron chi connectivity index (χ1n) is 8.58. The molecule has 0 aliphatic carbocycles. The third-order valence-electron chi connectivity index (χ3n) is 4.12. The van der Waals surface area contributed by atoms with E-state index in [0.717, 1.165) is 16.9 Å². The molecule has 0 atom stereocenters. The molecule has 2 aromatic carbocycles. The lowest BCUT2D eigenvalue weighted by Crippen LogP contribution is -2.27. The highest BCUT2D eigenvalue weighted by atomic mass is 16.5. The van der Waals surface area contributed by atoms with E-state index in [1.54, 1.807) is 25.1 Å². The van der Waals surface area contributed by atoms with E-state index in [1.165, 1.54) is 0 Å². The van der Waals surface area contributed by atoms with Gasteiger partial charge in [-0.25, -0.2) is 9.97 Å². The average molecular weight is 362 g/mol. The van der Waals surface area contributed by atoms with E-state index in [2.05, 4.69) is 15.3 Å². The zero-order valence-corrected chi connectivity index (χ0v) is 15.9. The lowest BCUT2D eigenvalue weighted by Gasteiger charge is -2.17. The monoisotopic (exact) mass is 362 g/mol. The molecule has 0 fully saturated rings. The Kier molecular flexibility index (Phi) is 5.35. The summed E-state index contributed by atoms with van der Waals surface area (Å²) >= 11 is 0. The minimum absolute atomic E-state index is 0.203. The number of benzene rings is 2. The van der Waals surface area contributed by atoms with Crippen LogP contribution in [-0.4, -0.2) is 30.0 Å². The molecular weight excluding hydrogens is 340 g/mol. The number of nitrogens with zero attached hydrogens (tertiary/aromatic N) is 3. The molecule has 138 valence electrons. The van der Waals surface area contributed by atoms with Crippen molar-refractivity contribution in [1.29, 1.82) is 0 Å². The van der Waals surface area contributed by atoms with Crippen molar-refractivity contribution in [1.82, 2.24) is 9.97 Å². The fourth-order valence-electron chi connectivity index (χ4n) is 2.71. The van der Waals surface area contributed by atoms with Crippen LogP contribution in [-0.2, 0) is 0 Å². The smallest absolute Gasteiger partial charge is 0.276 e. The van der Waals surface area contributed by atoms with Crippen LogP contribution in [0.3, 0.4) is 0 Å². The van der Waals surface area contributed by atoms with E-state index < -0.39 is 0 Å². The van der Waals surface area contributed by atoms with E-state index in [9.17, 15) is 4.79 Å². The summed E-state index contributed by atoms with van der Waals surface area (Å²) < 4.78 is 5.38. The molecule has 0 saturated heterocycles. The van der Waals surface area contributed by atoms with Crippen LogP contribution >= 0.6 is 0 Å². The second kappa shape index (κ2) is 7.86. The van der Waals surface area contributed by atoms with Gasteiger partial charge in [0.05, 0.1) is 12.8 Å². The molecular formula is C21H22N4O2. The predicted molar refractivity (Wildman–Crippen MR) is 107 cm³/mol. The van der Waals surface area contributed by atoms with Crippen molar-refractivity contribution < 1.29 is 9.53 Å². The molecule has 0 saturated carbocycles. The lowest BCUT2D eigenvalue weighted by atomic mass is 10.2. The van der Waals surface area contributed by atoms with Gasteiger partial charge >= 0.3 is 0 Å². The summed E-state index contributed by atoms with van der Waals surface area (Å²) in [5, 5.41) is 3.16. The number of nitrogens with one attached hydrogen (secondary N) is 1. The molecule has 0 aliphatic heterocycles. The topological polar surface area (TPSA) is 67.3 Å². The zero-order chi connectivity index (χ0) is 19.4. The Morgan fingerprint density at radius 3 is 2.48 bits per heavy atom. The number of methoxy groups -OCH3 is 1. The fourth-order valence-corrected chi connectivity index (χ4v) is 2.71. The minimum atomic E-state index is -0.203. The molecule has 0 radical (unpaired) electrons. The van der Waals surface area contributed by atoms with E-state index >= 15 is 0 Å². The van der Waals surface area contributed by atoms with E-state index in [1.807, 2.05) is 62.4 Å². The van der Waals surface area contributed by atoms with Crippen molar-refractivity contribution in [3.05, 3.63) is 71.5 Å². The van der Waals surface area contributed by atoms with Crippen LogP contribution in [0.1, 0.15) is 21.7 Å². The lowest BCUT2D eigenvalue weighted by molar-refractivity contribution is 0.0988. The van der Waals surface area contributed by atoms with E-state index in [-0.39, 0.29) is 5.91 Å². The number of ether oxygens (including phenoxy) is 1. The molecule has 0 spiro atoms. The van der Waals surface area contributed by atoms with Gasteiger partial charge < -0.3 is 15.0 Å². The Morgan fingerprint density at radius 2 is 1.78 bits per heavy atom. The molecule has 6 heteroatoms. The first-order valence-corrected chi connectivity index (χ1v) is 8.58. The molecule has 0 aliphatic rings. The number of hydrogen-bond acceptors (Lipinski definition) is 5. The van der Waals surface area contributed by atoms with Gasteiger partial charge in [-0.2, -0.15) is 0 Å². The van der Waals surface area contributed by atoms with Gasteiger partial charge in [-0.05, 0) is 49.7 Å². The average Bonchev–Trinajstić information content (AvgIpc) is 2.67.